The van der Waals surface area contributed by atoms with Gasteiger partial charge in [0.1, 0.15) is 6.04 Å². The van der Waals surface area contributed by atoms with Crippen molar-refractivity contribution >= 4 is 39.4 Å². The highest BCUT2D eigenvalue weighted by Crippen LogP contribution is 2.13. The average molecular weight is 383 g/mol. The molecule has 1 atom stereocenters. The number of carbonyl (C=O) groups excluding carboxylic acids is 1. The predicted octanol–water partition coefficient (Wildman–Crippen LogP) is 3.53. The molecule has 0 fully saturated rings. The summed E-state index contributed by atoms with van der Waals surface area (Å²) in [5.41, 5.74) is 1.18. The van der Waals surface area contributed by atoms with Crippen LogP contribution in [0.1, 0.15) is 15.9 Å². The van der Waals surface area contributed by atoms with Crippen LogP contribution in [-0.2, 0) is 11.2 Å². The van der Waals surface area contributed by atoms with Gasteiger partial charge >= 0.3 is 5.97 Å². The molecule has 4 nitrogen and oxygen atoms in total. The Morgan fingerprint density at radius 3 is 2.45 bits per heavy atom. The summed E-state index contributed by atoms with van der Waals surface area (Å²) < 4.78 is 0.754. The molecule has 0 heterocycles. The van der Waals surface area contributed by atoms with Crippen LogP contribution in [0.5, 0.6) is 0 Å². The highest BCUT2D eigenvalue weighted by molar-refractivity contribution is 9.10. The van der Waals surface area contributed by atoms with Crippen molar-refractivity contribution in [3.63, 3.8) is 0 Å². The van der Waals surface area contributed by atoms with Gasteiger partial charge in [-0.3, -0.25) is 4.79 Å². The summed E-state index contributed by atoms with van der Waals surface area (Å²) in [6, 6.07) is 12.6. The number of carboxylic acid groups (broad SMARTS) is 1. The van der Waals surface area contributed by atoms with Crippen molar-refractivity contribution in [3.05, 3.63) is 69.2 Å². The van der Waals surface area contributed by atoms with E-state index >= 15 is 0 Å². The summed E-state index contributed by atoms with van der Waals surface area (Å²) in [5.74, 6) is -1.51. The fraction of sp³-hybridized carbons (Fsp3) is 0.125. The van der Waals surface area contributed by atoms with Crippen LogP contribution in [-0.4, -0.2) is 23.0 Å². The molecule has 0 spiro atoms. The molecule has 2 aromatic carbocycles. The first-order valence-corrected chi connectivity index (χ1v) is 7.66. The Balaban J connectivity index is 2.10. The number of amides is 1. The zero-order valence-electron chi connectivity index (χ0n) is 11.4. The van der Waals surface area contributed by atoms with Crippen LogP contribution in [0.15, 0.2) is 53.0 Å². The molecule has 0 saturated carbocycles. The third-order valence-corrected chi connectivity index (χ3v) is 3.79. The van der Waals surface area contributed by atoms with E-state index in [1.807, 2.05) is 0 Å². The second-order valence-electron chi connectivity index (χ2n) is 4.71. The van der Waals surface area contributed by atoms with Crippen LogP contribution >= 0.6 is 27.5 Å². The number of halogens is 2. The molecule has 2 aromatic rings. The topological polar surface area (TPSA) is 66.4 Å². The Bertz CT molecular complexity index is 688. The van der Waals surface area contributed by atoms with Crippen molar-refractivity contribution in [2.45, 2.75) is 12.5 Å². The molecule has 1 unspecified atom stereocenters. The van der Waals surface area contributed by atoms with E-state index < -0.39 is 17.9 Å². The summed E-state index contributed by atoms with van der Waals surface area (Å²) >= 11 is 9.08. The highest BCUT2D eigenvalue weighted by Gasteiger charge is 2.21. The van der Waals surface area contributed by atoms with Crippen molar-refractivity contribution in [1.29, 1.82) is 0 Å². The molecule has 22 heavy (non-hydrogen) atoms. The first-order chi connectivity index (χ1) is 10.5. The van der Waals surface area contributed by atoms with Crippen LogP contribution in [0.25, 0.3) is 0 Å². The second kappa shape index (κ2) is 7.42. The molecule has 0 bridgehead atoms. The van der Waals surface area contributed by atoms with Crippen molar-refractivity contribution < 1.29 is 14.7 Å². The van der Waals surface area contributed by atoms with Crippen LogP contribution < -0.4 is 5.32 Å². The fourth-order valence-electron chi connectivity index (χ4n) is 1.93. The van der Waals surface area contributed by atoms with Crippen LogP contribution in [0.3, 0.4) is 0 Å². The second-order valence-corrected chi connectivity index (χ2v) is 6.06. The molecule has 0 aliphatic heterocycles. The minimum atomic E-state index is -1.08. The van der Waals surface area contributed by atoms with Gasteiger partial charge in [0.25, 0.3) is 5.91 Å². The Morgan fingerprint density at radius 2 is 1.86 bits per heavy atom. The first kappa shape index (κ1) is 16.5. The number of hydrogen-bond donors (Lipinski definition) is 2. The van der Waals surface area contributed by atoms with Gasteiger partial charge in [-0.15, -0.1) is 0 Å². The van der Waals surface area contributed by atoms with Crippen molar-refractivity contribution in [2.24, 2.45) is 0 Å². The van der Waals surface area contributed by atoms with E-state index in [2.05, 4.69) is 21.2 Å². The molecule has 6 heteroatoms. The lowest BCUT2D eigenvalue weighted by atomic mass is 10.1. The first-order valence-electron chi connectivity index (χ1n) is 6.49. The van der Waals surface area contributed by atoms with Crippen LogP contribution in [0.4, 0.5) is 0 Å². The Hall–Kier alpha value is -1.85. The summed E-state index contributed by atoms with van der Waals surface area (Å²) in [4.78, 5) is 23.5. The fourth-order valence-corrected chi connectivity index (χ4v) is 2.45. The molecule has 0 radical (unpaired) electrons. The smallest absolute Gasteiger partial charge is 0.326 e. The minimum Gasteiger partial charge on any atom is -0.480 e. The molecular weight excluding hydrogens is 370 g/mol. The lowest BCUT2D eigenvalue weighted by Crippen LogP contribution is -2.42. The maximum absolute atomic E-state index is 12.1. The average Bonchev–Trinajstić information content (AvgIpc) is 2.48. The van der Waals surface area contributed by atoms with Crippen LogP contribution in [0, 0.1) is 0 Å². The van der Waals surface area contributed by atoms with Gasteiger partial charge < -0.3 is 10.4 Å². The van der Waals surface area contributed by atoms with E-state index in [1.54, 1.807) is 48.5 Å². The van der Waals surface area contributed by atoms with Gasteiger partial charge in [0, 0.05) is 21.5 Å². The standard InChI is InChI=1S/C16H13BrClNO3/c17-12-3-1-2-11(9-12)15(20)19-14(16(21)22)8-10-4-6-13(18)7-5-10/h1-7,9,14H,8H2,(H,19,20)(H,21,22). The van der Waals surface area contributed by atoms with Gasteiger partial charge in [0.2, 0.25) is 0 Å². The van der Waals surface area contributed by atoms with Gasteiger partial charge in [-0.25, -0.2) is 4.79 Å². The minimum absolute atomic E-state index is 0.187. The largest absolute Gasteiger partial charge is 0.480 e. The van der Waals surface area contributed by atoms with E-state index in [4.69, 9.17) is 11.6 Å². The maximum atomic E-state index is 12.1. The van der Waals surface area contributed by atoms with E-state index in [0.717, 1.165) is 10.0 Å². The monoisotopic (exact) mass is 381 g/mol. The SMILES string of the molecule is O=C(NC(Cc1ccc(Cl)cc1)C(=O)O)c1cccc(Br)c1. The number of aliphatic carboxylic acids is 1. The molecule has 2 rings (SSSR count). The van der Waals surface area contributed by atoms with Crippen LogP contribution in [0.2, 0.25) is 5.02 Å². The van der Waals surface area contributed by atoms with Crippen molar-refractivity contribution in [3.8, 4) is 0 Å². The van der Waals surface area contributed by atoms with Gasteiger partial charge in [0.05, 0.1) is 0 Å². The number of benzene rings is 2. The summed E-state index contributed by atoms with van der Waals surface area (Å²) in [5, 5.41) is 12.4. The molecule has 114 valence electrons. The van der Waals surface area contributed by atoms with Gasteiger partial charge in [-0.2, -0.15) is 0 Å². The molecule has 0 aliphatic rings. The van der Waals surface area contributed by atoms with E-state index in [0.29, 0.717) is 10.6 Å². The summed E-state index contributed by atoms with van der Waals surface area (Å²) in [6.45, 7) is 0. The van der Waals surface area contributed by atoms with Crippen molar-refractivity contribution in [1.82, 2.24) is 5.32 Å². The Labute approximate surface area is 141 Å². The number of carboxylic acids is 1. The number of rotatable bonds is 5. The maximum Gasteiger partial charge on any atom is 0.326 e. The van der Waals surface area contributed by atoms with E-state index in [-0.39, 0.29) is 6.42 Å². The van der Waals surface area contributed by atoms with Gasteiger partial charge in [-0.05, 0) is 35.9 Å². The van der Waals surface area contributed by atoms with E-state index in [9.17, 15) is 14.7 Å². The number of carbonyl (C=O) groups is 2. The summed E-state index contributed by atoms with van der Waals surface area (Å²) in [6.07, 6.45) is 0.187. The highest BCUT2D eigenvalue weighted by atomic mass is 79.9. The molecule has 0 saturated heterocycles. The number of hydrogen-bond acceptors (Lipinski definition) is 2. The third-order valence-electron chi connectivity index (χ3n) is 3.04. The van der Waals surface area contributed by atoms with E-state index in [1.165, 1.54) is 0 Å². The van der Waals surface area contributed by atoms with Gasteiger partial charge in [-0.1, -0.05) is 45.7 Å². The number of nitrogens with one attached hydrogen (secondary N) is 1. The molecule has 2 N–H and O–H groups in total. The summed E-state index contributed by atoms with van der Waals surface area (Å²) in [7, 11) is 0. The lowest BCUT2D eigenvalue weighted by Gasteiger charge is -2.15. The predicted molar refractivity (Wildman–Crippen MR) is 88.2 cm³/mol. The normalized spacial score (nSPS) is 11.7. The van der Waals surface area contributed by atoms with Crippen molar-refractivity contribution in [2.75, 3.05) is 0 Å². The molecule has 1 amide bonds. The zero-order valence-corrected chi connectivity index (χ0v) is 13.8. The Morgan fingerprint density at radius 1 is 1.18 bits per heavy atom. The van der Waals surface area contributed by atoms with Gasteiger partial charge in [0.15, 0.2) is 0 Å². The molecular formula is C16H13BrClNO3. The zero-order chi connectivity index (χ0) is 16.1. The quantitative estimate of drug-likeness (QED) is 0.831. The third kappa shape index (κ3) is 4.58. The Kier molecular flexibility index (Phi) is 5.57. The molecule has 0 aromatic heterocycles. The molecule has 0 aliphatic carbocycles. The lowest BCUT2D eigenvalue weighted by molar-refractivity contribution is -0.139.